The minimum atomic E-state index is -0.923. The molecule has 0 fully saturated rings. The molecule has 1 aliphatic rings. The molecule has 3 heteroatoms. The van der Waals surface area contributed by atoms with Gasteiger partial charge in [-0.25, -0.2) is 4.39 Å². The van der Waals surface area contributed by atoms with Gasteiger partial charge in [-0.1, -0.05) is 48.5 Å². The van der Waals surface area contributed by atoms with E-state index in [2.05, 4.69) is 18.2 Å². The third kappa shape index (κ3) is 2.85. The van der Waals surface area contributed by atoms with Gasteiger partial charge in [-0.15, -0.1) is 0 Å². The lowest BCUT2D eigenvalue weighted by molar-refractivity contribution is -0.135. The molecule has 0 bridgehead atoms. The zero-order valence-electron chi connectivity index (χ0n) is 13.4. The van der Waals surface area contributed by atoms with Crippen LogP contribution < -0.4 is 0 Å². The van der Waals surface area contributed by atoms with Gasteiger partial charge in [-0.2, -0.15) is 0 Å². The van der Waals surface area contributed by atoms with E-state index >= 15 is 0 Å². The molecule has 3 aromatic carbocycles. The number of carbonyl (C=O) groups is 1. The topological polar surface area (TPSA) is 37.3 Å². The molecule has 0 aromatic heterocycles. The summed E-state index contributed by atoms with van der Waals surface area (Å²) in [6, 6.07) is 18.7. The van der Waals surface area contributed by atoms with Crippen LogP contribution in [-0.4, -0.2) is 11.1 Å². The minimum Gasteiger partial charge on any atom is -0.481 e. The summed E-state index contributed by atoms with van der Waals surface area (Å²) in [4.78, 5) is 11.1. The maximum Gasteiger partial charge on any atom is 0.307 e. The Kier molecular flexibility index (Phi) is 3.69. The Bertz CT molecular complexity index is 1060. The Balaban J connectivity index is 1.88. The van der Waals surface area contributed by atoms with Crippen LogP contribution in [0.4, 0.5) is 4.39 Å². The second kappa shape index (κ2) is 6.02. The van der Waals surface area contributed by atoms with Crippen molar-refractivity contribution < 1.29 is 14.3 Å². The van der Waals surface area contributed by atoms with Gasteiger partial charge in [0.1, 0.15) is 5.82 Å². The molecule has 0 spiro atoms. The van der Waals surface area contributed by atoms with E-state index in [1.54, 1.807) is 6.07 Å². The number of rotatable bonds is 3. The Morgan fingerprint density at radius 2 is 1.80 bits per heavy atom. The van der Waals surface area contributed by atoms with Crippen molar-refractivity contribution >= 4 is 34.0 Å². The first-order valence-electron chi connectivity index (χ1n) is 8.04. The van der Waals surface area contributed by atoms with E-state index in [1.165, 1.54) is 12.1 Å². The number of aliphatic carboxylic acids is 1. The van der Waals surface area contributed by atoms with Gasteiger partial charge in [-0.3, -0.25) is 4.79 Å². The van der Waals surface area contributed by atoms with Crippen LogP contribution in [0.5, 0.6) is 0 Å². The quantitative estimate of drug-likeness (QED) is 0.699. The number of benzene rings is 3. The molecule has 0 saturated heterocycles. The van der Waals surface area contributed by atoms with Crippen molar-refractivity contribution in [1.82, 2.24) is 0 Å². The highest BCUT2D eigenvalue weighted by atomic mass is 19.1. The Labute approximate surface area is 144 Å². The second-order valence-corrected chi connectivity index (χ2v) is 6.10. The summed E-state index contributed by atoms with van der Waals surface area (Å²) < 4.78 is 13.6. The number of halogens is 1. The first-order chi connectivity index (χ1) is 12.1. The predicted molar refractivity (Wildman–Crippen MR) is 98.4 cm³/mol. The van der Waals surface area contributed by atoms with E-state index in [-0.39, 0.29) is 12.2 Å². The van der Waals surface area contributed by atoms with Gasteiger partial charge in [0.2, 0.25) is 0 Å². The van der Waals surface area contributed by atoms with Crippen molar-refractivity contribution in [2.24, 2.45) is 0 Å². The molecular formula is C22H15FO2. The highest BCUT2D eigenvalue weighted by Crippen LogP contribution is 2.39. The van der Waals surface area contributed by atoms with Crippen molar-refractivity contribution in [2.75, 3.05) is 0 Å². The van der Waals surface area contributed by atoms with Crippen LogP contribution in [-0.2, 0) is 4.79 Å². The molecule has 0 saturated carbocycles. The highest BCUT2D eigenvalue weighted by Gasteiger charge is 2.21. The molecule has 2 nitrogen and oxygen atoms in total. The Hall–Kier alpha value is -3.20. The van der Waals surface area contributed by atoms with E-state index < -0.39 is 5.97 Å². The van der Waals surface area contributed by atoms with Gasteiger partial charge in [-0.05, 0) is 62.9 Å². The van der Waals surface area contributed by atoms with Crippen LogP contribution >= 0.6 is 0 Å². The summed E-state index contributed by atoms with van der Waals surface area (Å²) in [5, 5.41) is 11.4. The summed E-state index contributed by atoms with van der Waals surface area (Å²) in [7, 11) is 0. The van der Waals surface area contributed by atoms with Crippen molar-refractivity contribution in [1.29, 1.82) is 0 Å². The third-order valence-electron chi connectivity index (χ3n) is 4.44. The summed E-state index contributed by atoms with van der Waals surface area (Å²) in [5.74, 6) is -1.28. The maximum atomic E-state index is 13.6. The fourth-order valence-electron chi connectivity index (χ4n) is 3.35. The number of fused-ring (bicyclic) bond motifs is 2. The highest BCUT2D eigenvalue weighted by molar-refractivity contribution is 6.06. The second-order valence-electron chi connectivity index (χ2n) is 6.10. The molecule has 0 amide bonds. The average molecular weight is 330 g/mol. The van der Waals surface area contributed by atoms with E-state index in [4.69, 9.17) is 5.11 Å². The fraction of sp³-hybridized carbons (Fsp3) is 0.0455. The van der Waals surface area contributed by atoms with Crippen LogP contribution in [0.25, 0.3) is 28.0 Å². The molecule has 1 aliphatic carbocycles. The summed E-state index contributed by atoms with van der Waals surface area (Å²) in [5.41, 5.74) is 4.12. The lowest BCUT2D eigenvalue weighted by atomic mass is 9.99. The molecule has 0 heterocycles. The van der Waals surface area contributed by atoms with Crippen molar-refractivity contribution in [3.63, 3.8) is 0 Å². The number of carboxylic acids is 1. The standard InChI is InChI=1S/C22H15FO2/c23-18-8-9-20-16(11-17(12-22(24)25)21(20)13-18)10-15-6-3-5-14-4-1-2-7-19(14)15/h1-11,13H,12H2,(H,24,25). The van der Waals surface area contributed by atoms with Gasteiger partial charge < -0.3 is 5.11 Å². The SMILES string of the molecule is O=C(O)CC1=CC(=Cc2cccc3ccccc23)c2ccc(F)cc21. The third-order valence-corrected chi connectivity index (χ3v) is 4.44. The van der Waals surface area contributed by atoms with Crippen molar-refractivity contribution in [2.45, 2.75) is 6.42 Å². The van der Waals surface area contributed by atoms with Crippen molar-refractivity contribution in [3.8, 4) is 0 Å². The lowest BCUT2D eigenvalue weighted by Gasteiger charge is -2.06. The largest absolute Gasteiger partial charge is 0.481 e. The van der Waals surface area contributed by atoms with Crippen LogP contribution in [0.3, 0.4) is 0 Å². The van der Waals surface area contributed by atoms with E-state index in [9.17, 15) is 9.18 Å². The Morgan fingerprint density at radius 3 is 2.64 bits per heavy atom. The summed E-state index contributed by atoms with van der Waals surface area (Å²) in [6.07, 6.45) is 3.76. The summed E-state index contributed by atoms with van der Waals surface area (Å²) >= 11 is 0. The molecule has 3 aromatic rings. The molecule has 4 rings (SSSR count). The number of hydrogen-bond donors (Lipinski definition) is 1. The molecule has 0 unspecified atom stereocenters. The van der Waals surface area contributed by atoms with Gasteiger partial charge in [0, 0.05) is 0 Å². The molecule has 25 heavy (non-hydrogen) atoms. The zero-order valence-corrected chi connectivity index (χ0v) is 13.4. The molecule has 0 radical (unpaired) electrons. The smallest absolute Gasteiger partial charge is 0.307 e. The molecular weight excluding hydrogens is 315 g/mol. The number of carboxylic acid groups (broad SMARTS) is 1. The fourth-order valence-corrected chi connectivity index (χ4v) is 3.35. The lowest BCUT2D eigenvalue weighted by Crippen LogP contribution is -1.96. The van der Waals surface area contributed by atoms with Crippen LogP contribution in [0, 0.1) is 5.82 Å². The van der Waals surface area contributed by atoms with E-state index in [0.717, 1.165) is 27.5 Å². The average Bonchev–Trinajstić information content (AvgIpc) is 2.91. The van der Waals surface area contributed by atoms with Crippen LogP contribution in [0.2, 0.25) is 0 Å². The number of hydrogen-bond acceptors (Lipinski definition) is 1. The van der Waals surface area contributed by atoms with E-state index in [1.807, 2.05) is 36.4 Å². The monoisotopic (exact) mass is 330 g/mol. The maximum absolute atomic E-state index is 13.6. The molecule has 122 valence electrons. The first kappa shape index (κ1) is 15.3. The van der Waals surface area contributed by atoms with Gasteiger partial charge >= 0.3 is 5.97 Å². The summed E-state index contributed by atoms with van der Waals surface area (Å²) in [6.45, 7) is 0. The molecule has 1 N–H and O–H groups in total. The Morgan fingerprint density at radius 1 is 1.00 bits per heavy atom. The van der Waals surface area contributed by atoms with Crippen molar-refractivity contribution in [3.05, 3.63) is 89.2 Å². The molecule has 0 atom stereocenters. The molecule has 0 aliphatic heterocycles. The zero-order chi connectivity index (χ0) is 17.4. The predicted octanol–water partition coefficient (Wildman–Crippen LogP) is 5.39. The normalized spacial score (nSPS) is 14.6. The minimum absolute atomic E-state index is 0.122. The van der Waals surface area contributed by atoms with Gasteiger partial charge in [0.05, 0.1) is 6.42 Å². The first-order valence-corrected chi connectivity index (χ1v) is 8.04. The van der Waals surface area contributed by atoms with Gasteiger partial charge in [0.25, 0.3) is 0 Å². The van der Waals surface area contributed by atoms with Gasteiger partial charge in [0.15, 0.2) is 0 Å². The van der Waals surface area contributed by atoms with Crippen LogP contribution in [0.1, 0.15) is 23.1 Å². The van der Waals surface area contributed by atoms with Crippen LogP contribution in [0.15, 0.2) is 66.7 Å². The van der Waals surface area contributed by atoms with E-state index in [0.29, 0.717) is 11.1 Å². The number of allylic oxidation sites excluding steroid dienone is 2.